The van der Waals surface area contributed by atoms with E-state index in [0.29, 0.717) is 11.3 Å². The van der Waals surface area contributed by atoms with Gasteiger partial charge in [-0.1, -0.05) is 24.3 Å². The summed E-state index contributed by atoms with van der Waals surface area (Å²) in [5.74, 6) is 1.37. The minimum atomic E-state index is -0.0460. The molecule has 2 aromatic rings. The quantitative estimate of drug-likeness (QED) is 0.365. The first-order valence-corrected chi connectivity index (χ1v) is 9.42. The van der Waals surface area contributed by atoms with Crippen LogP contribution in [0.3, 0.4) is 0 Å². The summed E-state index contributed by atoms with van der Waals surface area (Å²) in [7, 11) is 7.37. The molecule has 0 saturated heterocycles. The lowest BCUT2D eigenvalue weighted by Gasteiger charge is -2.10. The summed E-state index contributed by atoms with van der Waals surface area (Å²) in [4.78, 5) is 14.6. The fraction of sp³-hybridized carbons (Fsp3) is 0.348. The highest BCUT2D eigenvalue weighted by molar-refractivity contribution is 6.07. The van der Waals surface area contributed by atoms with Crippen LogP contribution in [-0.4, -0.2) is 52.1 Å². The molecule has 0 bridgehead atoms. The summed E-state index contributed by atoms with van der Waals surface area (Å²) in [6.07, 6.45) is 4.43. The molecule has 150 valence electrons. The van der Waals surface area contributed by atoms with Crippen LogP contribution in [0.5, 0.6) is 11.5 Å². The average Bonchev–Trinajstić information content (AvgIpc) is 2.71. The number of hydrogen-bond donors (Lipinski definition) is 1. The molecule has 0 spiro atoms. The zero-order valence-electron chi connectivity index (χ0n) is 17.2. The molecule has 0 heterocycles. The van der Waals surface area contributed by atoms with Crippen LogP contribution in [0.15, 0.2) is 48.5 Å². The third kappa shape index (κ3) is 6.83. The second-order valence-corrected chi connectivity index (χ2v) is 6.84. The zero-order valence-corrected chi connectivity index (χ0v) is 17.2. The van der Waals surface area contributed by atoms with E-state index in [1.165, 1.54) is 5.56 Å². The van der Waals surface area contributed by atoms with Crippen LogP contribution in [0.2, 0.25) is 0 Å². The largest absolute Gasteiger partial charge is 0.497 e. The molecule has 28 heavy (non-hydrogen) atoms. The van der Waals surface area contributed by atoms with E-state index in [9.17, 15) is 4.79 Å². The first-order valence-electron chi connectivity index (χ1n) is 9.42. The van der Waals surface area contributed by atoms with Gasteiger partial charge >= 0.3 is 0 Å². The van der Waals surface area contributed by atoms with E-state index in [0.717, 1.165) is 37.4 Å². The smallest absolute Gasteiger partial charge is 0.185 e. The van der Waals surface area contributed by atoms with Gasteiger partial charge in [0.25, 0.3) is 0 Å². The molecule has 0 aliphatic rings. The van der Waals surface area contributed by atoms with Crippen molar-refractivity contribution < 1.29 is 14.3 Å². The molecule has 5 nitrogen and oxygen atoms in total. The Labute approximate surface area is 168 Å². The maximum absolute atomic E-state index is 12.5. The Kier molecular flexibility index (Phi) is 8.72. The number of carbonyl (C=O) groups excluding carboxylic acids is 1. The molecule has 0 radical (unpaired) electrons. The van der Waals surface area contributed by atoms with Gasteiger partial charge in [0.05, 0.1) is 14.2 Å². The first kappa shape index (κ1) is 21.7. The van der Waals surface area contributed by atoms with Crippen LogP contribution in [0.1, 0.15) is 27.9 Å². The van der Waals surface area contributed by atoms with E-state index in [1.807, 2.05) is 42.5 Å². The Morgan fingerprint density at radius 2 is 1.82 bits per heavy atom. The molecule has 0 aliphatic carbocycles. The molecule has 0 saturated carbocycles. The van der Waals surface area contributed by atoms with Crippen molar-refractivity contribution in [1.82, 2.24) is 10.2 Å². The van der Waals surface area contributed by atoms with Gasteiger partial charge in [0, 0.05) is 17.7 Å². The summed E-state index contributed by atoms with van der Waals surface area (Å²) in [6.45, 7) is 2.85. The highest BCUT2D eigenvalue weighted by atomic mass is 16.5. The number of benzene rings is 2. The maximum Gasteiger partial charge on any atom is 0.185 e. The van der Waals surface area contributed by atoms with E-state index in [-0.39, 0.29) is 5.78 Å². The Bertz CT molecular complexity index is 783. The van der Waals surface area contributed by atoms with E-state index < -0.39 is 0 Å². The van der Waals surface area contributed by atoms with Gasteiger partial charge in [-0.05, 0) is 69.5 Å². The third-order valence-electron chi connectivity index (χ3n) is 4.38. The van der Waals surface area contributed by atoms with Gasteiger partial charge < -0.3 is 19.7 Å². The molecular formula is C23H30N2O3. The van der Waals surface area contributed by atoms with Gasteiger partial charge in [0.15, 0.2) is 5.78 Å². The molecule has 5 heteroatoms. The minimum absolute atomic E-state index is 0.0460. The number of ether oxygens (including phenoxy) is 2. The lowest BCUT2D eigenvalue weighted by molar-refractivity contribution is 0.104. The van der Waals surface area contributed by atoms with Gasteiger partial charge in [-0.2, -0.15) is 0 Å². The second kappa shape index (κ2) is 11.3. The highest BCUT2D eigenvalue weighted by Gasteiger charge is 2.05. The maximum atomic E-state index is 12.5. The number of nitrogens with zero attached hydrogens (tertiary/aromatic N) is 1. The molecule has 0 atom stereocenters. The van der Waals surface area contributed by atoms with Gasteiger partial charge in [0.1, 0.15) is 11.5 Å². The van der Waals surface area contributed by atoms with Crippen molar-refractivity contribution in [3.05, 3.63) is 65.2 Å². The number of rotatable bonds is 11. The first-order chi connectivity index (χ1) is 13.5. The minimum Gasteiger partial charge on any atom is -0.497 e. The SMILES string of the molecule is COc1ccc(OC)c(C=CC(=O)c2ccc(CNCCCN(C)C)cc2)c1. The predicted molar refractivity (Wildman–Crippen MR) is 114 cm³/mol. The summed E-state index contributed by atoms with van der Waals surface area (Å²) >= 11 is 0. The van der Waals surface area contributed by atoms with Crippen molar-refractivity contribution in [1.29, 1.82) is 0 Å². The van der Waals surface area contributed by atoms with Crippen LogP contribution in [-0.2, 0) is 6.54 Å². The second-order valence-electron chi connectivity index (χ2n) is 6.84. The van der Waals surface area contributed by atoms with E-state index in [1.54, 1.807) is 26.4 Å². The zero-order chi connectivity index (χ0) is 20.4. The van der Waals surface area contributed by atoms with Gasteiger partial charge in [-0.25, -0.2) is 0 Å². The molecule has 0 amide bonds. The summed E-state index contributed by atoms with van der Waals surface area (Å²) in [5, 5.41) is 3.42. The normalized spacial score (nSPS) is 11.2. The standard InChI is InChI=1S/C23H30N2O3/c1-25(2)15-5-14-24-17-18-6-8-19(9-7-18)22(26)12-10-20-16-21(27-3)11-13-23(20)28-4/h6-13,16,24H,5,14-15,17H2,1-4H3. The number of allylic oxidation sites excluding steroid dienone is 1. The van der Waals surface area contributed by atoms with Crippen molar-refractivity contribution in [3.63, 3.8) is 0 Å². The van der Waals surface area contributed by atoms with Gasteiger partial charge in [0.2, 0.25) is 0 Å². The Balaban J connectivity index is 1.93. The van der Waals surface area contributed by atoms with Crippen molar-refractivity contribution in [2.45, 2.75) is 13.0 Å². The van der Waals surface area contributed by atoms with E-state index in [2.05, 4.69) is 24.3 Å². The Morgan fingerprint density at radius 3 is 2.46 bits per heavy atom. The van der Waals surface area contributed by atoms with Crippen molar-refractivity contribution in [2.75, 3.05) is 41.4 Å². The van der Waals surface area contributed by atoms with Crippen molar-refractivity contribution in [3.8, 4) is 11.5 Å². The van der Waals surface area contributed by atoms with Crippen LogP contribution >= 0.6 is 0 Å². The number of carbonyl (C=O) groups is 1. The van der Waals surface area contributed by atoms with Crippen LogP contribution < -0.4 is 14.8 Å². The number of hydrogen-bond acceptors (Lipinski definition) is 5. The van der Waals surface area contributed by atoms with Crippen LogP contribution in [0, 0.1) is 0 Å². The summed E-state index contributed by atoms with van der Waals surface area (Å²) in [6, 6.07) is 13.2. The molecule has 0 aliphatic heterocycles. The van der Waals surface area contributed by atoms with E-state index in [4.69, 9.17) is 9.47 Å². The summed E-state index contributed by atoms with van der Waals surface area (Å²) in [5.41, 5.74) is 2.63. The molecule has 0 unspecified atom stereocenters. The van der Waals surface area contributed by atoms with Crippen LogP contribution in [0.25, 0.3) is 6.08 Å². The van der Waals surface area contributed by atoms with Gasteiger partial charge in [-0.15, -0.1) is 0 Å². The fourth-order valence-corrected chi connectivity index (χ4v) is 2.77. The predicted octanol–water partition coefficient (Wildman–Crippen LogP) is 3.64. The van der Waals surface area contributed by atoms with Gasteiger partial charge in [-0.3, -0.25) is 4.79 Å². The molecule has 1 N–H and O–H groups in total. The number of ketones is 1. The average molecular weight is 383 g/mol. The molecule has 0 aromatic heterocycles. The van der Waals surface area contributed by atoms with E-state index >= 15 is 0 Å². The van der Waals surface area contributed by atoms with Crippen LogP contribution in [0.4, 0.5) is 0 Å². The number of nitrogens with one attached hydrogen (secondary N) is 1. The number of methoxy groups -OCH3 is 2. The highest BCUT2D eigenvalue weighted by Crippen LogP contribution is 2.25. The topological polar surface area (TPSA) is 50.8 Å². The summed E-state index contributed by atoms with van der Waals surface area (Å²) < 4.78 is 10.6. The molecule has 2 aromatic carbocycles. The monoisotopic (exact) mass is 382 g/mol. The Hall–Kier alpha value is -2.63. The van der Waals surface area contributed by atoms with Crippen molar-refractivity contribution >= 4 is 11.9 Å². The third-order valence-corrected chi connectivity index (χ3v) is 4.38. The fourth-order valence-electron chi connectivity index (χ4n) is 2.77. The molecular weight excluding hydrogens is 352 g/mol. The Morgan fingerprint density at radius 1 is 1.07 bits per heavy atom. The molecule has 0 fully saturated rings. The molecule has 2 rings (SSSR count). The lowest BCUT2D eigenvalue weighted by Crippen LogP contribution is -2.21. The van der Waals surface area contributed by atoms with Crippen molar-refractivity contribution in [2.24, 2.45) is 0 Å². The lowest BCUT2D eigenvalue weighted by atomic mass is 10.1.